The second-order valence-corrected chi connectivity index (χ2v) is 5.15. The molecular formula is C13H14N4O3S. The minimum atomic E-state index is -0.645. The van der Waals surface area contributed by atoms with E-state index in [9.17, 15) is 14.9 Å². The molecule has 2 rings (SSSR count). The smallest absolute Gasteiger partial charge is 0.307 e. The molecule has 1 aromatic carbocycles. The average Bonchev–Trinajstić information content (AvgIpc) is 2.97. The molecule has 1 amide bonds. The van der Waals surface area contributed by atoms with Crippen molar-refractivity contribution in [2.45, 2.75) is 17.9 Å². The standard InChI is InChI=1S/C13H14N4O3S/c1-9(16-8-10(7-14-16)17(19)20)13(18)15-11-5-3-4-6-12(11)21-2/h3-9H,1-2H3,(H,15,18)/t9-/m0/s1. The first-order chi connectivity index (χ1) is 10.0. The first-order valence-corrected chi connectivity index (χ1v) is 7.38. The molecule has 0 bridgehead atoms. The van der Waals surface area contributed by atoms with Gasteiger partial charge in [-0.2, -0.15) is 5.10 Å². The Kier molecular flexibility index (Phi) is 4.59. The van der Waals surface area contributed by atoms with Crippen molar-refractivity contribution in [3.05, 3.63) is 46.8 Å². The number of carbonyl (C=O) groups excluding carboxylic acids is 1. The van der Waals surface area contributed by atoms with E-state index in [1.54, 1.807) is 6.92 Å². The molecule has 7 nitrogen and oxygen atoms in total. The fourth-order valence-electron chi connectivity index (χ4n) is 1.74. The van der Waals surface area contributed by atoms with Crippen molar-refractivity contribution in [3.63, 3.8) is 0 Å². The Hall–Kier alpha value is -2.35. The summed E-state index contributed by atoms with van der Waals surface area (Å²) in [6.07, 6.45) is 4.29. The molecule has 2 aromatic rings. The van der Waals surface area contributed by atoms with E-state index >= 15 is 0 Å². The molecule has 0 radical (unpaired) electrons. The Balaban J connectivity index is 2.13. The monoisotopic (exact) mass is 306 g/mol. The second-order valence-electron chi connectivity index (χ2n) is 4.30. The Bertz CT molecular complexity index is 671. The van der Waals surface area contributed by atoms with Crippen LogP contribution in [0.25, 0.3) is 0 Å². The summed E-state index contributed by atoms with van der Waals surface area (Å²) in [6.45, 7) is 1.63. The Morgan fingerprint density at radius 2 is 2.19 bits per heavy atom. The first kappa shape index (κ1) is 15.0. The van der Waals surface area contributed by atoms with Crippen molar-refractivity contribution >= 4 is 29.0 Å². The van der Waals surface area contributed by atoms with Crippen LogP contribution in [0.3, 0.4) is 0 Å². The largest absolute Gasteiger partial charge is 0.323 e. The van der Waals surface area contributed by atoms with Gasteiger partial charge in [-0.05, 0) is 25.3 Å². The van der Waals surface area contributed by atoms with Gasteiger partial charge in [0.1, 0.15) is 18.4 Å². The molecule has 1 heterocycles. The number of nitrogens with zero attached hydrogens (tertiary/aromatic N) is 3. The minimum Gasteiger partial charge on any atom is -0.323 e. The van der Waals surface area contributed by atoms with Gasteiger partial charge in [0.15, 0.2) is 0 Å². The third-order valence-electron chi connectivity index (χ3n) is 2.94. The second kappa shape index (κ2) is 6.40. The highest BCUT2D eigenvalue weighted by atomic mass is 32.2. The van der Waals surface area contributed by atoms with Crippen LogP contribution in [0.5, 0.6) is 0 Å². The number of hydrogen-bond acceptors (Lipinski definition) is 5. The van der Waals surface area contributed by atoms with Crippen molar-refractivity contribution in [1.29, 1.82) is 0 Å². The van der Waals surface area contributed by atoms with Crippen molar-refractivity contribution < 1.29 is 9.72 Å². The molecule has 1 atom stereocenters. The summed E-state index contributed by atoms with van der Waals surface area (Å²) in [6, 6.07) is 6.79. The number of nitrogens with one attached hydrogen (secondary N) is 1. The molecule has 0 unspecified atom stereocenters. The molecule has 0 aliphatic carbocycles. The molecule has 1 aromatic heterocycles. The predicted molar refractivity (Wildman–Crippen MR) is 80.4 cm³/mol. The van der Waals surface area contributed by atoms with Crippen LogP contribution in [0, 0.1) is 10.1 Å². The molecule has 0 fully saturated rings. The van der Waals surface area contributed by atoms with Crippen LogP contribution in [0.2, 0.25) is 0 Å². The summed E-state index contributed by atoms with van der Waals surface area (Å²) in [7, 11) is 0. The normalized spacial score (nSPS) is 11.9. The number of anilines is 1. The topological polar surface area (TPSA) is 90.1 Å². The molecule has 0 aliphatic heterocycles. The molecule has 110 valence electrons. The van der Waals surface area contributed by atoms with Crippen LogP contribution >= 0.6 is 11.8 Å². The summed E-state index contributed by atoms with van der Waals surface area (Å²) in [5.74, 6) is -0.283. The molecule has 1 N–H and O–H groups in total. The lowest BCUT2D eigenvalue weighted by Gasteiger charge is -2.14. The van der Waals surface area contributed by atoms with Crippen LogP contribution in [-0.4, -0.2) is 26.9 Å². The molecular weight excluding hydrogens is 292 g/mol. The van der Waals surface area contributed by atoms with Gasteiger partial charge in [0, 0.05) is 4.90 Å². The van der Waals surface area contributed by atoms with E-state index in [2.05, 4.69) is 10.4 Å². The van der Waals surface area contributed by atoms with E-state index in [1.807, 2.05) is 30.5 Å². The van der Waals surface area contributed by atoms with Crippen LogP contribution in [0.1, 0.15) is 13.0 Å². The SMILES string of the molecule is CSc1ccccc1NC(=O)[C@H](C)n1cc([N+](=O)[O-])cn1. The summed E-state index contributed by atoms with van der Waals surface area (Å²) >= 11 is 1.53. The number of thioether (sulfide) groups is 1. The Morgan fingerprint density at radius 3 is 2.81 bits per heavy atom. The van der Waals surface area contributed by atoms with Gasteiger partial charge in [0.05, 0.1) is 10.6 Å². The molecule has 0 saturated carbocycles. The summed E-state index contributed by atoms with van der Waals surface area (Å²) in [5.41, 5.74) is 0.572. The number of para-hydroxylation sites is 1. The van der Waals surface area contributed by atoms with Gasteiger partial charge < -0.3 is 5.32 Å². The Morgan fingerprint density at radius 1 is 1.48 bits per heavy atom. The third kappa shape index (κ3) is 3.40. The van der Waals surface area contributed by atoms with Crippen LogP contribution in [0.15, 0.2) is 41.6 Å². The summed E-state index contributed by atoms with van der Waals surface area (Å²) in [5, 5.41) is 17.3. The fraction of sp³-hybridized carbons (Fsp3) is 0.231. The van der Waals surface area contributed by atoms with Crippen LogP contribution < -0.4 is 5.32 Å². The Labute approximate surface area is 125 Å². The van der Waals surface area contributed by atoms with Gasteiger partial charge in [0.2, 0.25) is 5.91 Å². The maximum absolute atomic E-state index is 12.2. The average molecular weight is 306 g/mol. The van der Waals surface area contributed by atoms with Crippen molar-refractivity contribution in [1.82, 2.24) is 9.78 Å². The first-order valence-electron chi connectivity index (χ1n) is 6.15. The van der Waals surface area contributed by atoms with Gasteiger partial charge in [-0.3, -0.25) is 19.6 Å². The van der Waals surface area contributed by atoms with Crippen molar-refractivity contribution in [2.24, 2.45) is 0 Å². The maximum Gasteiger partial charge on any atom is 0.307 e. The quantitative estimate of drug-likeness (QED) is 0.521. The lowest BCUT2D eigenvalue weighted by molar-refractivity contribution is -0.385. The maximum atomic E-state index is 12.2. The van der Waals surface area contributed by atoms with E-state index in [0.29, 0.717) is 5.69 Å². The number of carbonyl (C=O) groups is 1. The lowest BCUT2D eigenvalue weighted by atomic mass is 10.2. The van der Waals surface area contributed by atoms with Crippen molar-refractivity contribution in [3.8, 4) is 0 Å². The van der Waals surface area contributed by atoms with Gasteiger partial charge in [-0.25, -0.2) is 0 Å². The zero-order valence-corrected chi connectivity index (χ0v) is 12.3. The van der Waals surface area contributed by atoms with E-state index < -0.39 is 11.0 Å². The number of benzene rings is 1. The highest BCUT2D eigenvalue weighted by Gasteiger charge is 2.19. The summed E-state index contributed by atoms with van der Waals surface area (Å²) in [4.78, 5) is 23.2. The van der Waals surface area contributed by atoms with Crippen molar-refractivity contribution in [2.75, 3.05) is 11.6 Å². The number of rotatable bonds is 5. The zero-order valence-electron chi connectivity index (χ0n) is 11.5. The number of hydrogen-bond donors (Lipinski definition) is 1. The third-order valence-corrected chi connectivity index (χ3v) is 3.74. The number of amides is 1. The van der Waals surface area contributed by atoms with Gasteiger partial charge in [0.25, 0.3) is 0 Å². The molecule has 0 spiro atoms. The summed E-state index contributed by atoms with van der Waals surface area (Å²) < 4.78 is 1.27. The molecule has 21 heavy (non-hydrogen) atoms. The fourth-order valence-corrected chi connectivity index (χ4v) is 2.29. The van der Waals surface area contributed by atoms with Gasteiger partial charge in [-0.15, -0.1) is 11.8 Å². The van der Waals surface area contributed by atoms with E-state index in [-0.39, 0.29) is 11.6 Å². The molecule has 8 heteroatoms. The van der Waals surface area contributed by atoms with Gasteiger partial charge >= 0.3 is 5.69 Å². The van der Waals surface area contributed by atoms with E-state index in [4.69, 9.17) is 0 Å². The lowest BCUT2D eigenvalue weighted by Crippen LogP contribution is -2.24. The predicted octanol–water partition coefficient (Wildman–Crippen LogP) is 2.71. The van der Waals surface area contributed by atoms with E-state index in [0.717, 1.165) is 11.1 Å². The van der Waals surface area contributed by atoms with E-state index in [1.165, 1.54) is 22.6 Å². The zero-order chi connectivity index (χ0) is 15.4. The molecule has 0 saturated heterocycles. The molecule has 0 aliphatic rings. The van der Waals surface area contributed by atoms with Crippen LogP contribution in [0.4, 0.5) is 11.4 Å². The highest BCUT2D eigenvalue weighted by molar-refractivity contribution is 7.98. The van der Waals surface area contributed by atoms with Crippen LogP contribution in [-0.2, 0) is 4.79 Å². The number of aromatic nitrogens is 2. The number of nitro groups is 1. The van der Waals surface area contributed by atoms with Gasteiger partial charge in [-0.1, -0.05) is 12.1 Å². The minimum absolute atomic E-state index is 0.140. The highest BCUT2D eigenvalue weighted by Crippen LogP contribution is 2.25.